The number of ether oxygens (including phenoxy) is 2. The second-order valence-corrected chi connectivity index (χ2v) is 10.8. The highest BCUT2D eigenvalue weighted by atomic mass is 16.6. The van der Waals surface area contributed by atoms with E-state index >= 15 is 0 Å². The number of hydrogen-bond acceptors (Lipinski definition) is 7. The summed E-state index contributed by atoms with van der Waals surface area (Å²) in [6, 6.07) is 7.90. The summed E-state index contributed by atoms with van der Waals surface area (Å²) in [6.45, 7) is 11.3. The van der Waals surface area contributed by atoms with Gasteiger partial charge in [0.05, 0.1) is 18.3 Å². The number of pyridine rings is 1. The predicted octanol–water partition coefficient (Wildman–Crippen LogP) is 3.76. The molecule has 37 heavy (non-hydrogen) atoms. The summed E-state index contributed by atoms with van der Waals surface area (Å²) in [5, 5.41) is 7.00. The minimum absolute atomic E-state index is 0.0168. The molecule has 10 nitrogen and oxygen atoms in total. The molecule has 1 aliphatic heterocycles. The average Bonchev–Trinajstić information content (AvgIpc) is 3.04. The Morgan fingerprint density at radius 3 is 2.65 bits per heavy atom. The number of anilines is 1. The maximum Gasteiger partial charge on any atom is 0.408 e. The Morgan fingerprint density at radius 2 is 1.97 bits per heavy atom. The number of carbonyl (C=O) groups is 3. The summed E-state index contributed by atoms with van der Waals surface area (Å²) in [6.07, 6.45) is 2.65. The molecule has 0 aliphatic carbocycles. The molecule has 0 radical (unpaired) electrons. The minimum atomic E-state index is -0.798. The van der Waals surface area contributed by atoms with Crippen molar-refractivity contribution in [2.75, 3.05) is 32.1 Å². The van der Waals surface area contributed by atoms with E-state index in [4.69, 9.17) is 9.47 Å². The molecule has 3 amide bonds. The van der Waals surface area contributed by atoms with Crippen molar-refractivity contribution in [1.29, 1.82) is 0 Å². The molecule has 2 aromatic rings. The van der Waals surface area contributed by atoms with Gasteiger partial charge in [0.15, 0.2) is 0 Å². The third kappa shape index (κ3) is 7.02. The SMILES string of the molecule is COc1cc(NC(C)CCCN2C(=O)CN(C(=O)CNC(=O)OC(C)(C)C)C2(C)C)c2ncccc2c1. The average molecular weight is 514 g/mol. The molecular formula is C27H39N5O5. The lowest BCUT2D eigenvalue weighted by Gasteiger charge is -2.37. The van der Waals surface area contributed by atoms with Crippen LogP contribution in [-0.2, 0) is 14.3 Å². The summed E-state index contributed by atoms with van der Waals surface area (Å²) < 4.78 is 10.6. The summed E-state index contributed by atoms with van der Waals surface area (Å²) in [4.78, 5) is 45.3. The molecule has 3 rings (SSSR count). The summed E-state index contributed by atoms with van der Waals surface area (Å²) >= 11 is 0. The third-order valence-electron chi connectivity index (χ3n) is 6.33. The van der Waals surface area contributed by atoms with Crippen LogP contribution in [0.1, 0.15) is 54.4 Å². The van der Waals surface area contributed by atoms with Crippen molar-refractivity contribution in [2.45, 2.75) is 71.7 Å². The highest BCUT2D eigenvalue weighted by Gasteiger charge is 2.46. The topological polar surface area (TPSA) is 113 Å². The number of benzene rings is 1. The molecule has 1 fully saturated rings. The molecule has 1 aliphatic rings. The zero-order chi connectivity index (χ0) is 27.4. The van der Waals surface area contributed by atoms with E-state index in [0.717, 1.165) is 35.2 Å². The van der Waals surface area contributed by atoms with E-state index in [1.165, 1.54) is 4.90 Å². The summed E-state index contributed by atoms with van der Waals surface area (Å²) in [5.74, 6) is 0.309. The summed E-state index contributed by atoms with van der Waals surface area (Å²) in [5.41, 5.74) is 0.317. The monoisotopic (exact) mass is 513 g/mol. The molecule has 1 unspecified atom stereocenters. The fourth-order valence-electron chi connectivity index (χ4n) is 4.50. The number of carbonyl (C=O) groups excluding carboxylic acids is 3. The van der Waals surface area contributed by atoms with Crippen molar-refractivity contribution in [3.63, 3.8) is 0 Å². The fourth-order valence-corrected chi connectivity index (χ4v) is 4.50. The van der Waals surface area contributed by atoms with Crippen molar-refractivity contribution >= 4 is 34.5 Å². The second-order valence-electron chi connectivity index (χ2n) is 10.8. The number of alkyl carbamates (subject to hydrolysis) is 1. The lowest BCUT2D eigenvalue weighted by molar-refractivity contribution is -0.137. The van der Waals surface area contributed by atoms with Crippen molar-refractivity contribution in [1.82, 2.24) is 20.1 Å². The fraction of sp³-hybridized carbons (Fsp3) is 0.556. The van der Waals surface area contributed by atoms with Gasteiger partial charge in [0.2, 0.25) is 11.8 Å². The van der Waals surface area contributed by atoms with E-state index in [-0.39, 0.29) is 30.9 Å². The molecular weight excluding hydrogens is 474 g/mol. The molecule has 1 aromatic heterocycles. The molecule has 1 aromatic carbocycles. The van der Waals surface area contributed by atoms with E-state index in [1.54, 1.807) is 39.0 Å². The number of aromatic nitrogens is 1. The molecule has 2 heterocycles. The van der Waals surface area contributed by atoms with Crippen LogP contribution in [0, 0.1) is 0 Å². The first-order valence-electron chi connectivity index (χ1n) is 12.6. The van der Waals surface area contributed by atoms with Crippen LogP contribution in [0.3, 0.4) is 0 Å². The number of methoxy groups -OCH3 is 1. The standard InChI is InChI=1S/C27H39N5O5/c1-18(30-21-15-20(36-7)14-19-11-8-12-28-24(19)21)10-9-13-31-23(34)17-32(27(31,5)6)22(33)16-29-25(35)37-26(2,3)4/h8,11-12,14-15,18,30H,9-10,13,16-17H2,1-7H3,(H,29,35). The molecule has 1 saturated heterocycles. The van der Waals surface area contributed by atoms with Gasteiger partial charge in [0.1, 0.15) is 30.1 Å². The third-order valence-corrected chi connectivity index (χ3v) is 6.33. The zero-order valence-electron chi connectivity index (χ0n) is 22.9. The normalized spacial score (nSPS) is 16.0. The Balaban J connectivity index is 1.55. The van der Waals surface area contributed by atoms with Crippen LogP contribution < -0.4 is 15.4 Å². The van der Waals surface area contributed by atoms with Crippen LogP contribution in [0.5, 0.6) is 5.75 Å². The second kappa shape index (κ2) is 11.2. The van der Waals surface area contributed by atoms with Crippen LogP contribution in [0.25, 0.3) is 10.9 Å². The summed E-state index contributed by atoms with van der Waals surface area (Å²) in [7, 11) is 1.64. The minimum Gasteiger partial charge on any atom is -0.497 e. The van der Waals surface area contributed by atoms with Crippen LogP contribution in [-0.4, -0.2) is 76.7 Å². The van der Waals surface area contributed by atoms with E-state index in [0.29, 0.717) is 6.54 Å². The Morgan fingerprint density at radius 1 is 1.24 bits per heavy atom. The number of hydrogen-bond donors (Lipinski definition) is 2. The lowest BCUT2D eigenvalue weighted by Crippen LogP contribution is -2.53. The molecule has 1 atom stereocenters. The Bertz CT molecular complexity index is 1140. The molecule has 0 spiro atoms. The molecule has 2 N–H and O–H groups in total. The molecule has 202 valence electrons. The van der Waals surface area contributed by atoms with Crippen LogP contribution >= 0.6 is 0 Å². The Hall–Kier alpha value is -3.56. The van der Waals surface area contributed by atoms with Gasteiger partial charge in [-0.15, -0.1) is 0 Å². The smallest absolute Gasteiger partial charge is 0.408 e. The molecule has 10 heteroatoms. The van der Waals surface area contributed by atoms with Gasteiger partial charge in [-0.1, -0.05) is 6.07 Å². The van der Waals surface area contributed by atoms with Gasteiger partial charge < -0.3 is 29.9 Å². The first-order valence-corrected chi connectivity index (χ1v) is 12.6. The predicted molar refractivity (Wildman–Crippen MR) is 142 cm³/mol. The van der Waals surface area contributed by atoms with Crippen molar-refractivity contribution in [3.05, 3.63) is 30.5 Å². The number of fused-ring (bicyclic) bond motifs is 1. The molecule has 0 bridgehead atoms. The van der Waals surface area contributed by atoms with Crippen LogP contribution in [0.15, 0.2) is 30.5 Å². The number of amides is 3. The number of nitrogens with one attached hydrogen (secondary N) is 2. The van der Waals surface area contributed by atoms with Gasteiger partial charge in [-0.05, 0) is 66.5 Å². The van der Waals surface area contributed by atoms with Crippen molar-refractivity contribution in [3.8, 4) is 5.75 Å². The van der Waals surface area contributed by atoms with Gasteiger partial charge in [0.25, 0.3) is 0 Å². The van der Waals surface area contributed by atoms with Gasteiger partial charge >= 0.3 is 6.09 Å². The van der Waals surface area contributed by atoms with E-state index in [9.17, 15) is 14.4 Å². The van der Waals surface area contributed by atoms with Crippen molar-refractivity contribution in [2.24, 2.45) is 0 Å². The van der Waals surface area contributed by atoms with Gasteiger partial charge in [-0.25, -0.2) is 4.79 Å². The van der Waals surface area contributed by atoms with Crippen LogP contribution in [0.4, 0.5) is 10.5 Å². The number of nitrogens with zero attached hydrogens (tertiary/aromatic N) is 3. The first kappa shape index (κ1) is 28.0. The first-order chi connectivity index (χ1) is 17.3. The lowest BCUT2D eigenvalue weighted by atomic mass is 10.1. The highest BCUT2D eigenvalue weighted by Crippen LogP contribution is 2.30. The highest BCUT2D eigenvalue weighted by molar-refractivity contribution is 5.92. The maximum atomic E-state index is 12.8. The van der Waals surface area contributed by atoms with Crippen molar-refractivity contribution < 1.29 is 23.9 Å². The maximum absolute atomic E-state index is 12.8. The van der Waals surface area contributed by atoms with E-state index < -0.39 is 17.4 Å². The van der Waals surface area contributed by atoms with Gasteiger partial charge in [0, 0.05) is 30.2 Å². The van der Waals surface area contributed by atoms with Gasteiger partial charge in [-0.3, -0.25) is 14.6 Å². The van der Waals surface area contributed by atoms with Crippen LogP contribution in [0.2, 0.25) is 0 Å². The Labute approximate surface area is 218 Å². The Kier molecular flexibility index (Phi) is 8.50. The largest absolute Gasteiger partial charge is 0.497 e. The van der Waals surface area contributed by atoms with Gasteiger partial charge in [-0.2, -0.15) is 0 Å². The molecule has 0 saturated carbocycles. The number of rotatable bonds is 9. The zero-order valence-corrected chi connectivity index (χ0v) is 22.9. The van der Waals surface area contributed by atoms with E-state index in [2.05, 4.69) is 22.5 Å². The van der Waals surface area contributed by atoms with E-state index in [1.807, 2.05) is 38.1 Å². The quantitative estimate of drug-likeness (QED) is 0.525.